The normalized spacial score (nSPS) is 9.64. The van der Waals surface area contributed by atoms with Gasteiger partial charge in [0.2, 0.25) is 0 Å². The molecule has 1 heteroatoms. The van der Waals surface area contributed by atoms with Gasteiger partial charge in [0.25, 0.3) is 0 Å². The van der Waals surface area contributed by atoms with Crippen LogP contribution < -0.4 is 0 Å². The summed E-state index contributed by atoms with van der Waals surface area (Å²) in [5, 5.41) is 0. The number of rotatable bonds is 2. The van der Waals surface area contributed by atoms with Gasteiger partial charge in [-0.15, -0.1) is 0 Å². The Kier molecular flexibility index (Phi) is 2.42. The minimum atomic E-state index is 0.196. The molecule has 0 aliphatic rings. The number of ketones is 1. The highest BCUT2D eigenvalue weighted by Crippen LogP contribution is 2.03. The second kappa shape index (κ2) is 3.33. The van der Waals surface area contributed by atoms with Crippen LogP contribution in [0.4, 0.5) is 0 Å². The summed E-state index contributed by atoms with van der Waals surface area (Å²) >= 11 is 0. The van der Waals surface area contributed by atoms with E-state index in [4.69, 9.17) is 0 Å². The lowest BCUT2D eigenvalue weighted by Gasteiger charge is -1.96. The van der Waals surface area contributed by atoms with Crippen LogP contribution in [0.25, 0.3) is 0 Å². The molecule has 1 nitrogen and oxygen atoms in total. The first-order valence-corrected chi connectivity index (χ1v) is 3.59. The first-order valence-electron chi connectivity index (χ1n) is 3.59. The van der Waals surface area contributed by atoms with Crippen molar-refractivity contribution < 1.29 is 4.79 Å². The van der Waals surface area contributed by atoms with E-state index in [1.54, 1.807) is 6.92 Å². The topological polar surface area (TPSA) is 17.1 Å². The van der Waals surface area contributed by atoms with Crippen LogP contribution in [0, 0.1) is 6.92 Å². The van der Waals surface area contributed by atoms with Crippen LogP contribution in [0.3, 0.4) is 0 Å². The van der Waals surface area contributed by atoms with Crippen molar-refractivity contribution in [1.29, 1.82) is 0 Å². The van der Waals surface area contributed by atoms with Gasteiger partial charge in [-0.2, -0.15) is 0 Å². The van der Waals surface area contributed by atoms with E-state index in [-0.39, 0.29) is 5.78 Å². The van der Waals surface area contributed by atoms with E-state index in [1.165, 1.54) is 0 Å². The molecule has 0 saturated heterocycles. The zero-order chi connectivity index (χ0) is 8.27. The summed E-state index contributed by atoms with van der Waals surface area (Å²) in [6, 6.07) is 7.70. The van der Waals surface area contributed by atoms with Gasteiger partial charge in [-0.25, -0.2) is 0 Å². The molecule has 11 heavy (non-hydrogen) atoms. The molecule has 57 valence electrons. The second-order valence-electron chi connectivity index (χ2n) is 2.70. The van der Waals surface area contributed by atoms with Crippen molar-refractivity contribution in [2.75, 3.05) is 0 Å². The molecule has 0 spiro atoms. The summed E-state index contributed by atoms with van der Waals surface area (Å²) in [6.45, 7) is 5.35. The Morgan fingerprint density at radius 2 is 1.91 bits per heavy atom. The Balaban J connectivity index is 2.74. The van der Waals surface area contributed by atoms with E-state index in [2.05, 4.69) is 6.92 Å². The highest BCUT2D eigenvalue weighted by molar-refractivity contribution is 5.78. The van der Waals surface area contributed by atoms with Gasteiger partial charge in [0.05, 0.1) is 0 Å². The van der Waals surface area contributed by atoms with Crippen molar-refractivity contribution in [2.24, 2.45) is 0 Å². The molecule has 0 aromatic heterocycles. The highest BCUT2D eigenvalue weighted by Gasteiger charge is 1.95. The zero-order valence-corrected chi connectivity index (χ0v) is 6.63. The minimum Gasteiger partial charge on any atom is -0.300 e. The smallest absolute Gasteiger partial charge is 0.134 e. The fourth-order valence-corrected chi connectivity index (χ4v) is 0.945. The van der Waals surface area contributed by atoms with Gasteiger partial charge < -0.3 is 0 Å². The van der Waals surface area contributed by atoms with Gasteiger partial charge in [0.1, 0.15) is 5.78 Å². The first kappa shape index (κ1) is 7.99. The minimum absolute atomic E-state index is 0.196. The molecule has 0 heterocycles. The van der Waals surface area contributed by atoms with Crippen molar-refractivity contribution in [1.82, 2.24) is 0 Å². The van der Waals surface area contributed by atoms with Gasteiger partial charge in [-0.3, -0.25) is 4.79 Å². The predicted octanol–water partition coefficient (Wildman–Crippen LogP) is 2.00. The summed E-state index contributed by atoms with van der Waals surface area (Å²) in [5.74, 6) is 0.196. The fourth-order valence-electron chi connectivity index (χ4n) is 0.945. The van der Waals surface area contributed by atoms with Gasteiger partial charge in [-0.05, 0) is 25.0 Å². The van der Waals surface area contributed by atoms with E-state index in [0.29, 0.717) is 6.42 Å². The molecule has 0 amide bonds. The predicted molar refractivity (Wildman–Crippen MR) is 45.3 cm³/mol. The SMILES string of the molecule is [CH2]c1ccc(CC(C)=O)cc1. The maximum atomic E-state index is 10.7. The van der Waals surface area contributed by atoms with Crippen molar-refractivity contribution in [2.45, 2.75) is 13.3 Å². The molecule has 1 rings (SSSR count). The van der Waals surface area contributed by atoms with Gasteiger partial charge in [0.15, 0.2) is 0 Å². The quantitative estimate of drug-likeness (QED) is 0.625. The number of benzene rings is 1. The van der Waals surface area contributed by atoms with Crippen LogP contribution in [0.2, 0.25) is 0 Å². The molecule has 0 saturated carbocycles. The standard InChI is InChI=1S/C10H11O/c1-8-3-5-10(6-4-8)7-9(2)11/h3-6H,1,7H2,2H3. The molecule has 0 aliphatic carbocycles. The second-order valence-corrected chi connectivity index (χ2v) is 2.70. The van der Waals surface area contributed by atoms with Gasteiger partial charge >= 0.3 is 0 Å². The summed E-state index contributed by atoms with van der Waals surface area (Å²) in [4.78, 5) is 10.7. The number of hydrogen-bond donors (Lipinski definition) is 0. The first-order chi connectivity index (χ1) is 5.18. The molecule has 0 unspecified atom stereocenters. The Morgan fingerprint density at radius 1 is 1.36 bits per heavy atom. The lowest BCUT2D eigenvalue weighted by atomic mass is 10.1. The van der Waals surface area contributed by atoms with Crippen molar-refractivity contribution in [3.63, 3.8) is 0 Å². The van der Waals surface area contributed by atoms with Crippen molar-refractivity contribution in [3.05, 3.63) is 42.3 Å². The Labute approximate surface area is 67.1 Å². The molecule has 0 fully saturated rings. The maximum absolute atomic E-state index is 10.7. The van der Waals surface area contributed by atoms with Crippen molar-refractivity contribution >= 4 is 5.78 Å². The van der Waals surface area contributed by atoms with E-state index in [1.807, 2.05) is 24.3 Å². The fraction of sp³-hybridized carbons (Fsp3) is 0.200. The third-order valence-electron chi connectivity index (χ3n) is 1.48. The molecule has 0 N–H and O–H groups in total. The maximum Gasteiger partial charge on any atom is 0.134 e. The Hall–Kier alpha value is -1.11. The van der Waals surface area contributed by atoms with Crippen LogP contribution in [0.1, 0.15) is 18.1 Å². The molecule has 1 aromatic rings. The van der Waals surface area contributed by atoms with E-state index >= 15 is 0 Å². The summed E-state index contributed by atoms with van der Waals surface area (Å²) in [6.07, 6.45) is 0.528. The molecule has 1 aromatic carbocycles. The van der Waals surface area contributed by atoms with E-state index < -0.39 is 0 Å². The van der Waals surface area contributed by atoms with Crippen LogP contribution in [-0.4, -0.2) is 5.78 Å². The highest BCUT2D eigenvalue weighted by atomic mass is 16.1. The lowest BCUT2D eigenvalue weighted by molar-refractivity contribution is -0.116. The Morgan fingerprint density at radius 3 is 2.36 bits per heavy atom. The summed E-state index contributed by atoms with van der Waals surface area (Å²) < 4.78 is 0. The zero-order valence-electron chi connectivity index (χ0n) is 6.63. The third kappa shape index (κ3) is 2.54. The number of hydrogen-bond acceptors (Lipinski definition) is 1. The number of carbonyl (C=O) groups is 1. The molecule has 1 radical (unpaired) electrons. The molecular formula is C10H11O. The Bertz CT molecular complexity index is 246. The molecule has 0 atom stereocenters. The van der Waals surface area contributed by atoms with Crippen LogP contribution in [0.5, 0.6) is 0 Å². The molecule has 0 aliphatic heterocycles. The average Bonchev–Trinajstić information content (AvgIpc) is 1.93. The number of carbonyl (C=O) groups excluding carboxylic acids is 1. The van der Waals surface area contributed by atoms with E-state index in [9.17, 15) is 4.79 Å². The average molecular weight is 147 g/mol. The van der Waals surface area contributed by atoms with Gasteiger partial charge in [0, 0.05) is 6.42 Å². The van der Waals surface area contributed by atoms with Crippen LogP contribution >= 0.6 is 0 Å². The van der Waals surface area contributed by atoms with Crippen LogP contribution in [0.15, 0.2) is 24.3 Å². The van der Waals surface area contributed by atoms with Gasteiger partial charge in [-0.1, -0.05) is 24.3 Å². The molecular weight excluding hydrogens is 136 g/mol. The molecule has 0 bridgehead atoms. The lowest BCUT2D eigenvalue weighted by Crippen LogP contribution is -1.95. The third-order valence-corrected chi connectivity index (χ3v) is 1.48. The van der Waals surface area contributed by atoms with Crippen LogP contribution in [-0.2, 0) is 11.2 Å². The largest absolute Gasteiger partial charge is 0.300 e. The van der Waals surface area contributed by atoms with E-state index in [0.717, 1.165) is 11.1 Å². The monoisotopic (exact) mass is 147 g/mol. The van der Waals surface area contributed by atoms with Crippen molar-refractivity contribution in [3.8, 4) is 0 Å². The summed E-state index contributed by atoms with van der Waals surface area (Å²) in [7, 11) is 0. The summed E-state index contributed by atoms with van der Waals surface area (Å²) in [5.41, 5.74) is 2.04. The number of Topliss-reactive ketones (excluding diaryl/α,β-unsaturated/α-hetero) is 1.